The van der Waals surface area contributed by atoms with Crippen LogP contribution in [0.1, 0.15) is 37.1 Å². The maximum atomic E-state index is 5.84. The van der Waals surface area contributed by atoms with E-state index in [1.54, 1.807) is 7.11 Å². The van der Waals surface area contributed by atoms with Crippen LogP contribution < -0.4 is 5.73 Å². The first-order chi connectivity index (χ1) is 8.28. The molecule has 5 nitrogen and oxygen atoms in total. The van der Waals surface area contributed by atoms with E-state index in [1.165, 1.54) is 0 Å². The molecule has 0 bridgehead atoms. The third-order valence-corrected chi connectivity index (χ3v) is 3.08. The van der Waals surface area contributed by atoms with Crippen LogP contribution in [0.15, 0.2) is 10.6 Å². The predicted octanol–water partition coefficient (Wildman–Crippen LogP) is 1.61. The van der Waals surface area contributed by atoms with E-state index < -0.39 is 0 Å². The maximum absolute atomic E-state index is 5.84. The van der Waals surface area contributed by atoms with Crippen LogP contribution in [-0.4, -0.2) is 24.4 Å². The van der Waals surface area contributed by atoms with Gasteiger partial charge in [0.2, 0.25) is 0 Å². The van der Waals surface area contributed by atoms with Crippen molar-refractivity contribution < 1.29 is 14.0 Å². The minimum atomic E-state index is 0.317. The van der Waals surface area contributed by atoms with Gasteiger partial charge in [-0.15, -0.1) is 0 Å². The molecule has 0 atom stereocenters. The van der Waals surface area contributed by atoms with Crippen LogP contribution in [0.3, 0.4) is 0 Å². The van der Waals surface area contributed by atoms with Crippen LogP contribution in [0.25, 0.3) is 0 Å². The molecule has 1 aliphatic carbocycles. The molecule has 0 spiro atoms. The van der Waals surface area contributed by atoms with Gasteiger partial charge in [-0.05, 0) is 25.7 Å². The first kappa shape index (κ1) is 12.5. The van der Waals surface area contributed by atoms with Crippen molar-refractivity contribution in [3.8, 4) is 0 Å². The lowest BCUT2D eigenvalue weighted by Crippen LogP contribution is -2.30. The molecule has 2 N–H and O–H groups in total. The van der Waals surface area contributed by atoms with Crippen molar-refractivity contribution in [2.75, 3.05) is 7.11 Å². The average Bonchev–Trinajstić information content (AvgIpc) is 2.77. The van der Waals surface area contributed by atoms with E-state index in [4.69, 9.17) is 19.7 Å². The Bertz CT molecular complexity index is 332. The minimum Gasteiger partial charge on any atom is -0.377 e. The van der Waals surface area contributed by atoms with Gasteiger partial charge in [0, 0.05) is 19.2 Å². The Kier molecular flexibility index (Phi) is 4.53. The topological polar surface area (TPSA) is 70.5 Å². The van der Waals surface area contributed by atoms with E-state index in [1.807, 2.05) is 6.07 Å². The summed E-state index contributed by atoms with van der Waals surface area (Å²) in [6.45, 7) is 0.957. The Morgan fingerprint density at radius 2 is 2.12 bits per heavy atom. The van der Waals surface area contributed by atoms with Gasteiger partial charge in [0.05, 0.1) is 12.7 Å². The molecule has 0 aliphatic heterocycles. The summed E-state index contributed by atoms with van der Waals surface area (Å²) in [6, 6.07) is 2.23. The third kappa shape index (κ3) is 3.80. The molecule has 1 aromatic rings. The molecule has 1 heterocycles. The standard InChI is InChI=1S/C12H20N2O3/c1-15-8-12-6-10(14-17-12)7-16-11-4-2-9(13)3-5-11/h6,9,11H,2-5,7-8,13H2,1H3. The van der Waals surface area contributed by atoms with Crippen molar-refractivity contribution in [3.63, 3.8) is 0 Å². The molecular formula is C12H20N2O3. The summed E-state index contributed by atoms with van der Waals surface area (Å²) in [6.07, 6.45) is 4.52. The zero-order valence-corrected chi connectivity index (χ0v) is 10.2. The fourth-order valence-corrected chi connectivity index (χ4v) is 2.09. The molecule has 0 amide bonds. The maximum Gasteiger partial charge on any atom is 0.162 e. The molecule has 0 aromatic carbocycles. The van der Waals surface area contributed by atoms with Crippen molar-refractivity contribution in [2.45, 2.75) is 51.0 Å². The van der Waals surface area contributed by atoms with E-state index in [-0.39, 0.29) is 0 Å². The molecule has 1 saturated carbocycles. The second-order valence-corrected chi connectivity index (χ2v) is 4.57. The number of aromatic nitrogens is 1. The lowest BCUT2D eigenvalue weighted by Gasteiger charge is -2.25. The van der Waals surface area contributed by atoms with Crippen molar-refractivity contribution in [2.24, 2.45) is 5.73 Å². The molecule has 2 rings (SSSR count). The van der Waals surface area contributed by atoms with Crippen molar-refractivity contribution >= 4 is 0 Å². The van der Waals surface area contributed by atoms with Gasteiger partial charge in [0.15, 0.2) is 5.76 Å². The largest absolute Gasteiger partial charge is 0.377 e. The van der Waals surface area contributed by atoms with E-state index in [0.29, 0.717) is 25.4 Å². The number of nitrogens with two attached hydrogens (primary N) is 1. The van der Waals surface area contributed by atoms with Crippen molar-refractivity contribution in [1.29, 1.82) is 0 Å². The Labute approximate surface area is 101 Å². The fourth-order valence-electron chi connectivity index (χ4n) is 2.09. The number of rotatable bonds is 5. The second kappa shape index (κ2) is 6.14. The van der Waals surface area contributed by atoms with Gasteiger partial charge in [-0.25, -0.2) is 0 Å². The molecule has 0 saturated heterocycles. The lowest BCUT2D eigenvalue weighted by atomic mass is 9.94. The van der Waals surface area contributed by atoms with Gasteiger partial charge in [-0.2, -0.15) is 0 Å². The van der Waals surface area contributed by atoms with Gasteiger partial charge in [0.25, 0.3) is 0 Å². The van der Waals surface area contributed by atoms with E-state index >= 15 is 0 Å². The van der Waals surface area contributed by atoms with E-state index in [9.17, 15) is 0 Å². The van der Waals surface area contributed by atoms with Crippen molar-refractivity contribution in [3.05, 3.63) is 17.5 Å². The first-order valence-electron chi connectivity index (χ1n) is 6.08. The molecule has 17 heavy (non-hydrogen) atoms. The Balaban J connectivity index is 1.73. The highest BCUT2D eigenvalue weighted by atomic mass is 16.5. The van der Waals surface area contributed by atoms with Gasteiger partial charge >= 0.3 is 0 Å². The summed E-state index contributed by atoms with van der Waals surface area (Å²) in [5, 5.41) is 3.93. The highest BCUT2D eigenvalue weighted by Crippen LogP contribution is 2.20. The highest BCUT2D eigenvalue weighted by molar-refractivity contribution is 5.03. The molecule has 0 unspecified atom stereocenters. The SMILES string of the molecule is COCc1cc(COC2CCC(N)CC2)no1. The van der Waals surface area contributed by atoms with Crippen LogP contribution in [0.4, 0.5) is 0 Å². The number of ether oxygens (including phenoxy) is 2. The van der Waals surface area contributed by atoms with Gasteiger partial charge in [0.1, 0.15) is 12.3 Å². The summed E-state index contributed by atoms with van der Waals surface area (Å²) in [5.41, 5.74) is 6.67. The smallest absolute Gasteiger partial charge is 0.162 e. The normalized spacial score (nSPS) is 25.1. The van der Waals surface area contributed by atoms with Crippen molar-refractivity contribution in [1.82, 2.24) is 5.16 Å². The lowest BCUT2D eigenvalue weighted by molar-refractivity contribution is 0.0112. The molecule has 1 aromatic heterocycles. The predicted molar refractivity (Wildman–Crippen MR) is 62.2 cm³/mol. The van der Waals surface area contributed by atoms with E-state index in [0.717, 1.165) is 37.1 Å². The molecule has 1 aliphatic rings. The van der Waals surface area contributed by atoms with Crippen LogP contribution in [0, 0.1) is 0 Å². The molecule has 96 valence electrons. The summed E-state index contributed by atoms with van der Waals surface area (Å²) in [4.78, 5) is 0. The van der Waals surface area contributed by atoms with Crippen LogP contribution in [0.5, 0.6) is 0 Å². The van der Waals surface area contributed by atoms with Crippen LogP contribution >= 0.6 is 0 Å². The quantitative estimate of drug-likeness (QED) is 0.846. The summed E-state index contributed by atoms with van der Waals surface area (Å²) in [5.74, 6) is 0.733. The number of nitrogens with zero attached hydrogens (tertiary/aromatic N) is 1. The molecule has 5 heteroatoms. The number of hydrogen-bond donors (Lipinski definition) is 1. The zero-order valence-electron chi connectivity index (χ0n) is 10.2. The first-order valence-corrected chi connectivity index (χ1v) is 6.08. The number of hydrogen-bond acceptors (Lipinski definition) is 5. The Morgan fingerprint density at radius 3 is 2.82 bits per heavy atom. The van der Waals surface area contributed by atoms with Gasteiger partial charge < -0.3 is 19.7 Å². The summed E-state index contributed by atoms with van der Waals surface area (Å²) < 4.78 is 15.8. The van der Waals surface area contributed by atoms with Crippen LogP contribution in [0.2, 0.25) is 0 Å². The number of methoxy groups -OCH3 is 1. The molecule has 1 fully saturated rings. The summed E-state index contributed by atoms with van der Waals surface area (Å²) >= 11 is 0. The monoisotopic (exact) mass is 240 g/mol. The van der Waals surface area contributed by atoms with Gasteiger partial charge in [-0.1, -0.05) is 5.16 Å². The zero-order chi connectivity index (χ0) is 12.1. The molecule has 0 radical (unpaired) electrons. The van der Waals surface area contributed by atoms with Crippen LogP contribution in [-0.2, 0) is 22.7 Å². The third-order valence-electron chi connectivity index (χ3n) is 3.08. The average molecular weight is 240 g/mol. The van der Waals surface area contributed by atoms with E-state index in [2.05, 4.69) is 5.16 Å². The molecular weight excluding hydrogens is 220 g/mol. The Hall–Kier alpha value is -0.910. The van der Waals surface area contributed by atoms with Gasteiger partial charge in [-0.3, -0.25) is 0 Å². The second-order valence-electron chi connectivity index (χ2n) is 4.57. The summed E-state index contributed by atoms with van der Waals surface area (Å²) in [7, 11) is 1.63. The fraction of sp³-hybridized carbons (Fsp3) is 0.750. The minimum absolute atomic E-state index is 0.317. The Morgan fingerprint density at radius 1 is 1.35 bits per heavy atom. The highest BCUT2D eigenvalue weighted by Gasteiger charge is 2.19.